The van der Waals surface area contributed by atoms with Gasteiger partial charge in [-0.15, -0.1) is 0 Å². The summed E-state index contributed by atoms with van der Waals surface area (Å²) >= 11 is 15.4. The van der Waals surface area contributed by atoms with Crippen LogP contribution in [0, 0.1) is 6.92 Å². The van der Waals surface area contributed by atoms with E-state index in [4.69, 9.17) is 32.7 Å². The number of halogens is 3. The summed E-state index contributed by atoms with van der Waals surface area (Å²) in [5.41, 5.74) is 5.15. The summed E-state index contributed by atoms with van der Waals surface area (Å²) < 4.78 is 12.0. The Morgan fingerprint density at radius 3 is 2.59 bits per heavy atom. The second-order valence-corrected chi connectivity index (χ2v) is 8.71. The van der Waals surface area contributed by atoms with E-state index < -0.39 is 11.8 Å². The molecule has 0 aromatic heterocycles. The molecule has 34 heavy (non-hydrogen) atoms. The number of rotatable bonds is 7. The number of anilines is 1. The lowest BCUT2D eigenvalue weighted by Crippen LogP contribution is -2.32. The molecule has 3 rings (SSSR count). The fourth-order valence-corrected chi connectivity index (χ4v) is 3.83. The lowest BCUT2D eigenvalue weighted by molar-refractivity contribution is -0.136. The van der Waals surface area contributed by atoms with Gasteiger partial charge in [-0.1, -0.05) is 59.1 Å². The highest BCUT2D eigenvalue weighted by molar-refractivity contribution is 9.10. The number of nitrogens with zero attached hydrogens (tertiary/aromatic N) is 1. The number of aryl methyl sites for hydroxylation is 1. The number of benzene rings is 3. The van der Waals surface area contributed by atoms with Crippen molar-refractivity contribution < 1.29 is 19.1 Å². The van der Waals surface area contributed by atoms with E-state index in [9.17, 15) is 9.59 Å². The van der Waals surface area contributed by atoms with Gasteiger partial charge in [-0.2, -0.15) is 5.10 Å². The minimum absolute atomic E-state index is 0.135. The lowest BCUT2D eigenvalue weighted by atomic mass is 10.1. The van der Waals surface area contributed by atoms with E-state index in [-0.39, 0.29) is 15.7 Å². The van der Waals surface area contributed by atoms with Gasteiger partial charge >= 0.3 is 11.8 Å². The van der Waals surface area contributed by atoms with Crippen LogP contribution in [0.3, 0.4) is 0 Å². The monoisotopic (exact) mass is 563 g/mol. The van der Waals surface area contributed by atoms with Gasteiger partial charge in [-0.3, -0.25) is 9.59 Å². The van der Waals surface area contributed by atoms with Crippen molar-refractivity contribution in [1.29, 1.82) is 0 Å². The van der Waals surface area contributed by atoms with Crippen molar-refractivity contribution in [3.05, 3.63) is 85.8 Å². The molecule has 0 fully saturated rings. The largest absolute Gasteiger partial charge is 0.493 e. The number of nitrogens with one attached hydrogen (secondary N) is 2. The maximum atomic E-state index is 12.1. The molecule has 0 radical (unpaired) electrons. The van der Waals surface area contributed by atoms with Gasteiger partial charge in [0.05, 0.1) is 33.5 Å². The van der Waals surface area contributed by atoms with Crippen LogP contribution in [0.4, 0.5) is 5.69 Å². The highest BCUT2D eigenvalue weighted by atomic mass is 79.9. The second-order valence-electron chi connectivity index (χ2n) is 7.07. The number of carbonyl (C=O) groups excluding carboxylic acids is 2. The first-order chi connectivity index (χ1) is 16.3. The lowest BCUT2D eigenvalue weighted by Gasteiger charge is -2.14. The number of methoxy groups -OCH3 is 1. The second kappa shape index (κ2) is 11.9. The van der Waals surface area contributed by atoms with Crippen LogP contribution in [-0.2, 0) is 16.2 Å². The van der Waals surface area contributed by atoms with E-state index in [0.29, 0.717) is 28.1 Å². The first-order valence-electron chi connectivity index (χ1n) is 9.92. The molecule has 7 nitrogen and oxygen atoms in total. The van der Waals surface area contributed by atoms with Gasteiger partial charge in [0, 0.05) is 0 Å². The Morgan fingerprint density at radius 1 is 1.09 bits per heavy atom. The molecule has 0 unspecified atom stereocenters. The molecule has 0 atom stereocenters. The third-order valence-electron chi connectivity index (χ3n) is 4.50. The number of ether oxygens (including phenoxy) is 2. The Morgan fingerprint density at radius 2 is 1.85 bits per heavy atom. The maximum Gasteiger partial charge on any atom is 0.329 e. The molecule has 3 aromatic carbocycles. The molecule has 10 heteroatoms. The fourth-order valence-electron chi connectivity index (χ4n) is 2.91. The van der Waals surface area contributed by atoms with E-state index in [0.717, 1.165) is 11.1 Å². The summed E-state index contributed by atoms with van der Waals surface area (Å²) in [4.78, 5) is 24.1. The molecule has 0 heterocycles. The zero-order valence-corrected chi connectivity index (χ0v) is 21.3. The molecule has 3 aromatic rings. The van der Waals surface area contributed by atoms with Crippen LogP contribution in [0.25, 0.3) is 0 Å². The van der Waals surface area contributed by atoms with E-state index in [1.807, 2.05) is 31.2 Å². The average molecular weight is 565 g/mol. The van der Waals surface area contributed by atoms with Crippen molar-refractivity contribution in [3.63, 3.8) is 0 Å². The SMILES string of the molecule is COc1cc(/C=N/NC(=O)C(=O)Nc2cccc(Cl)c2Cl)cc(Br)c1OCc1cccc(C)c1. The van der Waals surface area contributed by atoms with E-state index in [1.165, 1.54) is 19.4 Å². The topological polar surface area (TPSA) is 89.0 Å². The highest BCUT2D eigenvalue weighted by Gasteiger charge is 2.16. The van der Waals surface area contributed by atoms with Crippen molar-refractivity contribution in [2.24, 2.45) is 5.10 Å². The predicted octanol–water partition coefficient (Wildman–Crippen LogP) is 5.74. The molecular formula is C24H20BrCl2N3O4. The van der Waals surface area contributed by atoms with Crippen LogP contribution in [0.5, 0.6) is 11.5 Å². The fraction of sp³-hybridized carbons (Fsp3) is 0.125. The van der Waals surface area contributed by atoms with E-state index in [1.54, 1.807) is 24.3 Å². The van der Waals surface area contributed by atoms with Crippen LogP contribution in [0.15, 0.2) is 64.2 Å². The number of hydrazone groups is 1. The molecule has 2 amide bonds. The van der Waals surface area contributed by atoms with E-state index in [2.05, 4.69) is 31.8 Å². The van der Waals surface area contributed by atoms with Gasteiger partial charge in [0.25, 0.3) is 0 Å². The van der Waals surface area contributed by atoms with Crippen LogP contribution in [0.2, 0.25) is 10.0 Å². The van der Waals surface area contributed by atoms with Crippen molar-refractivity contribution in [2.75, 3.05) is 12.4 Å². The molecule has 0 bridgehead atoms. The van der Waals surface area contributed by atoms with Crippen LogP contribution >= 0.6 is 39.1 Å². The third kappa shape index (κ3) is 6.72. The summed E-state index contributed by atoms with van der Waals surface area (Å²) in [5.74, 6) is -0.914. The molecule has 176 valence electrons. The molecule has 0 saturated carbocycles. The van der Waals surface area contributed by atoms with Crippen molar-refractivity contribution in [3.8, 4) is 11.5 Å². The van der Waals surface area contributed by atoms with Gasteiger partial charge in [0.15, 0.2) is 11.5 Å². The Labute approximate surface area is 215 Å². The maximum absolute atomic E-state index is 12.1. The highest BCUT2D eigenvalue weighted by Crippen LogP contribution is 2.37. The Bertz CT molecular complexity index is 1250. The van der Waals surface area contributed by atoms with Gasteiger partial charge in [0.2, 0.25) is 0 Å². The molecular weight excluding hydrogens is 545 g/mol. The zero-order valence-electron chi connectivity index (χ0n) is 18.2. The standard InChI is InChI=1S/C24H20BrCl2N3O4/c1-14-5-3-6-15(9-14)13-34-22-17(25)10-16(11-20(22)33-2)12-28-30-24(32)23(31)29-19-8-4-7-18(26)21(19)27/h3-12H,13H2,1-2H3,(H,29,31)(H,30,32)/b28-12+. The van der Waals surface area contributed by atoms with E-state index >= 15 is 0 Å². The zero-order chi connectivity index (χ0) is 24.7. The normalized spacial score (nSPS) is 10.7. The minimum Gasteiger partial charge on any atom is -0.493 e. The number of hydrogen-bond acceptors (Lipinski definition) is 5. The number of carbonyl (C=O) groups is 2. The third-order valence-corrected chi connectivity index (χ3v) is 5.91. The number of amides is 2. The average Bonchev–Trinajstić information content (AvgIpc) is 2.81. The van der Waals surface area contributed by atoms with Gasteiger partial charge in [-0.05, 0) is 58.2 Å². The van der Waals surface area contributed by atoms with Crippen molar-refractivity contribution in [1.82, 2.24) is 5.43 Å². The first kappa shape index (κ1) is 25.6. The van der Waals surface area contributed by atoms with Gasteiger partial charge in [-0.25, -0.2) is 5.43 Å². The molecule has 0 aliphatic carbocycles. The molecule has 0 saturated heterocycles. The number of hydrogen-bond donors (Lipinski definition) is 2. The molecule has 2 N–H and O–H groups in total. The van der Waals surface area contributed by atoms with Crippen LogP contribution in [0.1, 0.15) is 16.7 Å². The quantitative estimate of drug-likeness (QED) is 0.217. The Kier molecular flexibility index (Phi) is 8.92. The van der Waals surface area contributed by atoms with Gasteiger partial charge in [0.1, 0.15) is 6.61 Å². The summed E-state index contributed by atoms with van der Waals surface area (Å²) in [6.07, 6.45) is 1.37. The minimum atomic E-state index is -0.976. The smallest absolute Gasteiger partial charge is 0.329 e. The summed E-state index contributed by atoms with van der Waals surface area (Å²) in [6, 6.07) is 16.1. The molecule has 0 spiro atoms. The van der Waals surface area contributed by atoms with Crippen LogP contribution < -0.4 is 20.2 Å². The predicted molar refractivity (Wildman–Crippen MR) is 137 cm³/mol. The van der Waals surface area contributed by atoms with Crippen LogP contribution in [-0.4, -0.2) is 25.1 Å². The summed E-state index contributed by atoms with van der Waals surface area (Å²) in [6.45, 7) is 2.38. The van der Waals surface area contributed by atoms with Crippen molar-refractivity contribution in [2.45, 2.75) is 13.5 Å². The first-order valence-corrected chi connectivity index (χ1v) is 11.5. The summed E-state index contributed by atoms with van der Waals surface area (Å²) in [7, 11) is 1.52. The van der Waals surface area contributed by atoms with Crippen molar-refractivity contribution >= 4 is 62.8 Å². The molecule has 0 aliphatic heterocycles. The summed E-state index contributed by atoms with van der Waals surface area (Å²) in [5, 5.41) is 6.60. The Hall–Kier alpha value is -3.07. The Balaban J connectivity index is 1.63. The van der Waals surface area contributed by atoms with Gasteiger partial charge < -0.3 is 14.8 Å². The molecule has 0 aliphatic rings.